The Labute approximate surface area is 167 Å². The van der Waals surface area contributed by atoms with Crippen molar-refractivity contribution < 1.29 is 9.20 Å². The fraction of sp³-hybridized carbons (Fsp3) is 0. The molecule has 0 radical (unpaired) electrons. The zero-order valence-corrected chi connectivity index (χ0v) is 16.0. The number of halogens is 1. The molecule has 7 nitrogen and oxygen atoms in total. The number of H-pyrrole nitrogens is 1. The van der Waals surface area contributed by atoms with Gasteiger partial charge in [0.1, 0.15) is 17.5 Å². The van der Waals surface area contributed by atoms with Crippen LogP contribution in [0.2, 0.25) is 0 Å². The number of nitrogens with one attached hydrogen (secondary N) is 1. The molecular formula is C20H13BrN5O2+. The first kappa shape index (κ1) is 17.7. The lowest BCUT2D eigenvalue weighted by Gasteiger charge is -2.10. The highest BCUT2D eigenvalue weighted by Crippen LogP contribution is 2.31. The molecule has 0 saturated carbocycles. The Morgan fingerprint density at radius 1 is 1.11 bits per heavy atom. The number of anilines is 1. The molecule has 2 heterocycles. The summed E-state index contributed by atoms with van der Waals surface area (Å²) in [4.78, 5) is 15.6. The van der Waals surface area contributed by atoms with Crippen molar-refractivity contribution in [3.8, 4) is 34.1 Å². The van der Waals surface area contributed by atoms with Crippen LogP contribution < -0.4 is 16.0 Å². The summed E-state index contributed by atoms with van der Waals surface area (Å²) < 4.78 is 7.09. The quantitative estimate of drug-likeness (QED) is 0.480. The smallest absolute Gasteiger partial charge is 0.383 e. The van der Waals surface area contributed by atoms with Crippen LogP contribution in [0.5, 0.6) is 0 Å². The third kappa shape index (κ3) is 3.31. The summed E-state index contributed by atoms with van der Waals surface area (Å²) in [5.74, 6) is 0.176. The number of aromatic nitrogens is 3. The lowest BCUT2D eigenvalue weighted by atomic mass is 9.98. The molecule has 0 atom stereocenters. The maximum atomic E-state index is 11.2. The van der Waals surface area contributed by atoms with Gasteiger partial charge in [0.2, 0.25) is 5.69 Å². The van der Waals surface area contributed by atoms with Crippen molar-refractivity contribution in [1.29, 1.82) is 5.26 Å². The van der Waals surface area contributed by atoms with Gasteiger partial charge in [-0.25, -0.2) is 9.78 Å². The van der Waals surface area contributed by atoms with E-state index in [1.54, 1.807) is 0 Å². The minimum absolute atomic E-state index is 0.176. The van der Waals surface area contributed by atoms with E-state index in [1.165, 1.54) is 10.9 Å². The standard InChI is InChI=1S/C20H12BrN5O2/c21-14-5-1-12(2-6-14)16-9-18(24-20(23)17(16)10-22)13-3-7-15(8-4-13)26-11-19(27)28-25-26/h1-9,11H,(H2-,23,24,25,27)/p+1. The number of benzene rings is 2. The Balaban J connectivity index is 1.79. The number of aromatic amines is 1. The van der Waals surface area contributed by atoms with Gasteiger partial charge in [0.15, 0.2) is 0 Å². The van der Waals surface area contributed by atoms with Crippen LogP contribution in [0.15, 0.2) is 74.6 Å². The van der Waals surface area contributed by atoms with E-state index >= 15 is 0 Å². The van der Waals surface area contributed by atoms with Crippen LogP contribution in [0.4, 0.5) is 5.82 Å². The fourth-order valence-electron chi connectivity index (χ4n) is 2.86. The van der Waals surface area contributed by atoms with Crippen LogP contribution in [0, 0.1) is 11.3 Å². The van der Waals surface area contributed by atoms with Crippen molar-refractivity contribution in [3.05, 3.63) is 81.3 Å². The Morgan fingerprint density at radius 2 is 1.79 bits per heavy atom. The van der Waals surface area contributed by atoms with Gasteiger partial charge in [-0.2, -0.15) is 5.26 Å². The van der Waals surface area contributed by atoms with Gasteiger partial charge < -0.3 is 5.73 Å². The highest BCUT2D eigenvalue weighted by molar-refractivity contribution is 9.10. The SMILES string of the molecule is N#Cc1c(-c2ccc(Br)cc2)cc(-c2ccc(-[n+]3cc(=O)o[nH]3)cc2)nc1N. The van der Waals surface area contributed by atoms with Crippen LogP contribution in [-0.2, 0) is 0 Å². The number of pyridine rings is 1. The first-order valence-corrected chi connectivity index (χ1v) is 9.02. The molecule has 0 aliphatic carbocycles. The second-order valence-electron chi connectivity index (χ2n) is 5.99. The second kappa shape index (κ2) is 7.13. The summed E-state index contributed by atoms with van der Waals surface area (Å²) in [5, 5.41) is 12.0. The summed E-state index contributed by atoms with van der Waals surface area (Å²) in [6.07, 6.45) is 1.30. The molecule has 0 bridgehead atoms. The lowest BCUT2D eigenvalue weighted by molar-refractivity contribution is -0.670. The number of nitriles is 1. The van der Waals surface area contributed by atoms with Crippen molar-refractivity contribution in [2.24, 2.45) is 0 Å². The molecule has 4 aromatic rings. The molecule has 2 aromatic carbocycles. The first-order valence-electron chi connectivity index (χ1n) is 8.23. The zero-order chi connectivity index (χ0) is 19.7. The van der Waals surface area contributed by atoms with Crippen LogP contribution in [0.25, 0.3) is 28.1 Å². The summed E-state index contributed by atoms with van der Waals surface area (Å²) in [7, 11) is 0. The van der Waals surface area contributed by atoms with E-state index in [0.717, 1.165) is 26.9 Å². The number of rotatable bonds is 3. The van der Waals surface area contributed by atoms with E-state index in [4.69, 9.17) is 5.73 Å². The van der Waals surface area contributed by atoms with Crippen LogP contribution in [0.1, 0.15) is 5.56 Å². The normalized spacial score (nSPS) is 10.6. The molecule has 0 fully saturated rings. The summed E-state index contributed by atoms with van der Waals surface area (Å²) >= 11 is 3.41. The number of hydrogen-bond acceptors (Lipinski definition) is 5. The summed E-state index contributed by atoms with van der Waals surface area (Å²) in [6.45, 7) is 0. The fourth-order valence-corrected chi connectivity index (χ4v) is 3.12. The number of nitrogens with zero attached hydrogens (tertiary/aromatic N) is 3. The first-order chi connectivity index (χ1) is 13.5. The molecule has 0 aliphatic rings. The third-order valence-corrected chi connectivity index (χ3v) is 4.76. The molecule has 0 saturated heterocycles. The number of nitrogen functional groups attached to an aromatic ring is 1. The van der Waals surface area contributed by atoms with Gasteiger partial charge in [-0.3, -0.25) is 4.52 Å². The molecule has 136 valence electrons. The predicted molar refractivity (Wildman–Crippen MR) is 106 cm³/mol. The molecule has 3 N–H and O–H groups in total. The average Bonchev–Trinajstić information content (AvgIpc) is 3.14. The third-order valence-electron chi connectivity index (χ3n) is 4.23. The Hall–Kier alpha value is -3.70. The van der Waals surface area contributed by atoms with E-state index in [1.807, 2.05) is 54.6 Å². The van der Waals surface area contributed by atoms with Gasteiger partial charge in [-0.15, -0.1) is 0 Å². The van der Waals surface area contributed by atoms with Crippen molar-refractivity contribution in [2.75, 3.05) is 5.73 Å². The monoisotopic (exact) mass is 434 g/mol. The van der Waals surface area contributed by atoms with Gasteiger partial charge in [0.05, 0.1) is 5.69 Å². The molecule has 2 aromatic heterocycles. The van der Waals surface area contributed by atoms with E-state index in [2.05, 4.69) is 36.8 Å². The molecule has 0 amide bonds. The largest absolute Gasteiger partial charge is 0.427 e. The van der Waals surface area contributed by atoms with Gasteiger partial charge >= 0.3 is 5.63 Å². The molecule has 0 aliphatic heterocycles. The lowest BCUT2D eigenvalue weighted by Crippen LogP contribution is -2.31. The van der Waals surface area contributed by atoms with Crippen molar-refractivity contribution in [3.63, 3.8) is 0 Å². The molecule has 0 unspecified atom stereocenters. The zero-order valence-electron chi connectivity index (χ0n) is 14.4. The van der Waals surface area contributed by atoms with E-state index in [-0.39, 0.29) is 5.82 Å². The molecule has 0 spiro atoms. The Bertz CT molecular complexity index is 1250. The van der Waals surface area contributed by atoms with Crippen LogP contribution >= 0.6 is 15.9 Å². The topological polar surface area (TPSA) is 113 Å². The molecule has 28 heavy (non-hydrogen) atoms. The van der Waals surface area contributed by atoms with Crippen molar-refractivity contribution >= 4 is 21.7 Å². The van der Waals surface area contributed by atoms with Crippen LogP contribution in [0.3, 0.4) is 0 Å². The van der Waals surface area contributed by atoms with Crippen molar-refractivity contribution in [2.45, 2.75) is 0 Å². The van der Waals surface area contributed by atoms with Crippen molar-refractivity contribution in [1.82, 2.24) is 10.3 Å². The van der Waals surface area contributed by atoms with Gasteiger partial charge in [-0.05, 0) is 45.8 Å². The predicted octanol–water partition coefficient (Wildman–Crippen LogP) is 3.19. The molecule has 4 rings (SSSR count). The second-order valence-corrected chi connectivity index (χ2v) is 6.91. The molecule has 8 heteroatoms. The maximum Gasteiger partial charge on any atom is 0.427 e. The summed E-state index contributed by atoms with van der Waals surface area (Å²) in [5.41, 5.74) is 9.72. The van der Waals surface area contributed by atoms with E-state index in [0.29, 0.717) is 11.3 Å². The van der Waals surface area contributed by atoms with Crippen LogP contribution in [-0.4, -0.2) is 10.3 Å². The number of nitrogens with two attached hydrogens (primary N) is 1. The Kier molecular flexibility index (Phi) is 4.51. The van der Waals surface area contributed by atoms with E-state index in [9.17, 15) is 10.1 Å². The minimum Gasteiger partial charge on any atom is -0.383 e. The summed E-state index contributed by atoms with van der Waals surface area (Å²) in [6, 6.07) is 19.0. The maximum absolute atomic E-state index is 11.2. The van der Waals surface area contributed by atoms with E-state index < -0.39 is 5.63 Å². The van der Waals surface area contributed by atoms with Gasteiger partial charge in [0.25, 0.3) is 6.20 Å². The minimum atomic E-state index is -0.468. The molecular weight excluding hydrogens is 422 g/mol. The highest BCUT2D eigenvalue weighted by Gasteiger charge is 2.15. The van der Waals surface area contributed by atoms with Gasteiger partial charge in [0, 0.05) is 27.7 Å². The Morgan fingerprint density at radius 3 is 2.39 bits per heavy atom. The van der Waals surface area contributed by atoms with Gasteiger partial charge in [-0.1, -0.05) is 28.1 Å². The average molecular weight is 435 g/mol. The highest BCUT2D eigenvalue weighted by atomic mass is 79.9. The number of hydrogen-bond donors (Lipinski definition) is 2.